The highest BCUT2D eigenvalue weighted by Crippen LogP contribution is 2.37. The van der Waals surface area contributed by atoms with Gasteiger partial charge >= 0.3 is 12.1 Å². The maximum absolute atomic E-state index is 13.5. The molecular weight excluding hydrogens is 447 g/mol. The van der Waals surface area contributed by atoms with Crippen LogP contribution in [0.1, 0.15) is 15.9 Å². The van der Waals surface area contributed by atoms with Crippen LogP contribution >= 0.6 is 11.3 Å². The van der Waals surface area contributed by atoms with E-state index in [0.717, 1.165) is 30.1 Å². The number of carboxylic acid groups (broad SMARTS) is 1. The number of ether oxygens (including phenoxy) is 1. The molecule has 1 aromatic carbocycles. The molecule has 0 atom stereocenters. The Morgan fingerprint density at radius 1 is 1.19 bits per heavy atom. The van der Waals surface area contributed by atoms with Gasteiger partial charge in [0.15, 0.2) is 0 Å². The molecule has 3 aromatic rings. The predicted octanol–water partition coefficient (Wildman–Crippen LogP) is 4.58. The third-order valence-corrected chi connectivity index (χ3v) is 5.53. The fourth-order valence-corrected chi connectivity index (χ4v) is 3.94. The highest BCUT2D eigenvalue weighted by molar-refractivity contribution is 7.14. The molecule has 8 nitrogen and oxygen atoms in total. The number of benzene rings is 1. The van der Waals surface area contributed by atoms with Crippen molar-refractivity contribution in [3.8, 4) is 0 Å². The highest BCUT2D eigenvalue weighted by atomic mass is 32.1. The molecule has 1 fully saturated rings. The van der Waals surface area contributed by atoms with Gasteiger partial charge in [0.05, 0.1) is 18.8 Å². The van der Waals surface area contributed by atoms with Crippen LogP contribution in [-0.4, -0.2) is 47.3 Å². The molecule has 3 N–H and O–H groups in total. The van der Waals surface area contributed by atoms with E-state index in [0.29, 0.717) is 25.1 Å². The second kappa shape index (κ2) is 9.01. The standard InChI is InChI=1S/C20H18F3N5O3S/c21-20(22,23)15-11-24-19(27-16(15)26-17-14(18(29)30)4-9-32-17)25-12-2-1-3-13(10-12)28-5-7-31-8-6-28/h1-4,9-11H,5-8H2,(H,29,30)(H2,24,25,26,27). The number of halogens is 3. The van der Waals surface area contributed by atoms with Gasteiger partial charge in [0.25, 0.3) is 0 Å². The Hall–Kier alpha value is -3.38. The van der Waals surface area contributed by atoms with Gasteiger partial charge < -0.3 is 25.4 Å². The van der Waals surface area contributed by atoms with Gasteiger partial charge in [-0.3, -0.25) is 0 Å². The Kier molecular flexibility index (Phi) is 6.15. The van der Waals surface area contributed by atoms with E-state index in [1.807, 2.05) is 18.2 Å². The summed E-state index contributed by atoms with van der Waals surface area (Å²) in [5.74, 6) is -1.85. The molecule has 0 amide bonds. The molecule has 1 aliphatic rings. The molecule has 0 radical (unpaired) electrons. The van der Waals surface area contributed by atoms with Crippen LogP contribution in [-0.2, 0) is 10.9 Å². The average Bonchev–Trinajstić information content (AvgIpc) is 3.22. The molecule has 3 heterocycles. The number of aromatic carboxylic acids is 1. The maximum Gasteiger partial charge on any atom is 0.421 e. The Labute approximate surface area is 184 Å². The van der Waals surface area contributed by atoms with Gasteiger partial charge in [0, 0.05) is 30.7 Å². The molecular formula is C20H18F3N5O3S. The van der Waals surface area contributed by atoms with Crippen molar-refractivity contribution in [3.05, 3.63) is 53.0 Å². The summed E-state index contributed by atoms with van der Waals surface area (Å²) in [7, 11) is 0. The second-order valence-electron chi connectivity index (χ2n) is 6.82. The fraction of sp³-hybridized carbons (Fsp3) is 0.250. The number of carbonyl (C=O) groups is 1. The van der Waals surface area contributed by atoms with Crippen molar-refractivity contribution >= 4 is 45.4 Å². The monoisotopic (exact) mass is 465 g/mol. The molecule has 0 bridgehead atoms. The zero-order chi connectivity index (χ0) is 22.7. The summed E-state index contributed by atoms with van der Waals surface area (Å²) in [4.78, 5) is 21.2. The molecule has 0 unspecified atom stereocenters. The van der Waals surface area contributed by atoms with Gasteiger partial charge in [0.1, 0.15) is 16.4 Å². The van der Waals surface area contributed by atoms with Crippen LogP contribution in [0.25, 0.3) is 0 Å². The molecule has 1 aliphatic heterocycles. The van der Waals surface area contributed by atoms with Crippen LogP contribution in [0.4, 0.5) is 41.3 Å². The summed E-state index contributed by atoms with van der Waals surface area (Å²) < 4.78 is 45.8. The Bertz CT molecular complexity index is 1120. The first kappa shape index (κ1) is 21.8. The molecule has 0 saturated carbocycles. The first-order chi connectivity index (χ1) is 15.3. The van der Waals surface area contributed by atoms with E-state index in [9.17, 15) is 23.1 Å². The summed E-state index contributed by atoms with van der Waals surface area (Å²) in [5, 5.41) is 16.2. The van der Waals surface area contributed by atoms with E-state index in [4.69, 9.17) is 4.74 Å². The SMILES string of the molecule is O=C(O)c1ccsc1Nc1nc(Nc2cccc(N3CCOCC3)c2)ncc1C(F)(F)F. The van der Waals surface area contributed by atoms with Crippen LogP contribution < -0.4 is 15.5 Å². The van der Waals surface area contributed by atoms with E-state index in [-0.39, 0.29) is 16.5 Å². The third kappa shape index (κ3) is 4.92. The quantitative estimate of drug-likeness (QED) is 0.487. The summed E-state index contributed by atoms with van der Waals surface area (Å²) in [5.41, 5.74) is 0.291. The van der Waals surface area contributed by atoms with E-state index >= 15 is 0 Å². The number of hydrogen-bond donors (Lipinski definition) is 3. The van der Waals surface area contributed by atoms with Crippen LogP contribution in [0.2, 0.25) is 0 Å². The smallest absolute Gasteiger partial charge is 0.421 e. The number of rotatable bonds is 6. The van der Waals surface area contributed by atoms with Crippen LogP contribution in [0.3, 0.4) is 0 Å². The van der Waals surface area contributed by atoms with E-state index in [1.54, 1.807) is 6.07 Å². The van der Waals surface area contributed by atoms with Crippen molar-refractivity contribution in [3.63, 3.8) is 0 Å². The van der Waals surface area contributed by atoms with Crippen molar-refractivity contribution in [2.75, 3.05) is 41.8 Å². The minimum atomic E-state index is -4.72. The van der Waals surface area contributed by atoms with Gasteiger partial charge in [-0.15, -0.1) is 11.3 Å². The lowest BCUT2D eigenvalue weighted by Gasteiger charge is -2.29. The first-order valence-electron chi connectivity index (χ1n) is 9.53. The van der Waals surface area contributed by atoms with Crippen molar-refractivity contribution in [2.45, 2.75) is 6.18 Å². The van der Waals surface area contributed by atoms with Gasteiger partial charge in [-0.25, -0.2) is 9.78 Å². The van der Waals surface area contributed by atoms with Gasteiger partial charge in [-0.1, -0.05) is 6.07 Å². The number of nitrogens with one attached hydrogen (secondary N) is 2. The number of nitrogens with zero attached hydrogens (tertiary/aromatic N) is 3. The summed E-state index contributed by atoms with van der Waals surface area (Å²) in [6.45, 7) is 2.72. The molecule has 12 heteroatoms. The molecule has 168 valence electrons. The van der Waals surface area contributed by atoms with E-state index in [2.05, 4.69) is 25.5 Å². The highest BCUT2D eigenvalue weighted by Gasteiger charge is 2.35. The maximum atomic E-state index is 13.5. The molecule has 2 aromatic heterocycles. The lowest BCUT2D eigenvalue weighted by atomic mass is 10.2. The number of anilines is 5. The predicted molar refractivity (Wildman–Crippen MR) is 114 cm³/mol. The summed E-state index contributed by atoms with van der Waals surface area (Å²) >= 11 is 0.964. The van der Waals surface area contributed by atoms with E-state index < -0.39 is 23.5 Å². The topological polar surface area (TPSA) is 99.6 Å². The van der Waals surface area contributed by atoms with Crippen molar-refractivity contribution in [2.24, 2.45) is 0 Å². The van der Waals surface area contributed by atoms with Gasteiger partial charge in [0.2, 0.25) is 5.95 Å². The van der Waals surface area contributed by atoms with Crippen molar-refractivity contribution in [1.29, 1.82) is 0 Å². The lowest BCUT2D eigenvalue weighted by molar-refractivity contribution is -0.137. The number of morpholine rings is 1. The third-order valence-electron chi connectivity index (χ3n) is 4.70. The molecule has 32 heavy (non-hydrogen) atoms. The van der Waals surface area contributed by atoms with Crippen molar-refractivity contribution < 1.29 is 27.8 Å². The number of hydrogen-bond acceptors (Lipinski definition) is 8. The largest absolute Gasteiger partial charge is 0.478 e. The number of carboxylic acids is 1. The lowest BCUT2D eigenvalue weighted by Crippen LogP contribution is -2.36. The average molecular weight is 465 g/mol. The fourth-order valence-electron chi connectivity index (χ4n) is 3.16. The number of alkyl halides is 3. The zero-order valence-electron chi connectivity index (χ0n) is 16.5. The summed E-state index contributed by atoms with van der Waals surface area (Å²) in [6, 6.07) is 8.66. The Balaban J connectivity index is 1.62. The summed E-state index contributed by atoms with van der Waals surface area (Å²) in [6.07, 6.45) is -4.06. The first-order valence-corrected chi connectivity index (χ1v) is 10.4. The Morgan fingerprint density at radius 3 is 2.69 bits per heavy atom. The van der Waals surface area contributed by atoms with Crippen LogP contribution in [0, 0.1) is 0 Å². The van der Waals surface area contributed by atoms with Gasteiger partial charge in [-0.2, -0.15) is 18.2 Å². The normalized spacial score (nSPS) is 14.3. The molecule has 0 aliphatic carbocycles. The van der Waals surface area contributed by atoms with Gasteiger partial charge in [-0.05, 0) is 29.6 Å². The van der Waals surface area contributed by atoms with E-state index in [1.165, 1.54) is 11.4 Å². The van der Waals surface area contributed by atoms with Crippen LogP contribution in [0.15, 0.2) is 41.9 Å². The number of thiophene rings is 1. The van der Waals surface area contributed by atoms with Crippen molar-refractivity contribution in [1.82, 2.24) is 9.97 Å². The second-order valence-corrected chi connectivity index (χ2v) is 7.74. The van der Waals surface area contributed by atoms with Crippen LogP contribution in [0.5, 0.6) is 0 Å². The molecule has 1 saturated heterocycles. The zero-order valence-corrected chi connectivity index (χ0v) is 17.3. The Morgan fingerprint density at radius 2 is 1.97 bits per heavy atom. The minimum Gasteiger partial charge on any atom is -0.478 e. The molecule has 4 rings (SSSR count). The number of aromatic nitrogens is 2. The molecule has 0 spiro atoms. The minimum absolute atomic E-state index is 0.0435.